The van der Waals surface area contributed by atoms with Gasteiger partial charge in [0.05, 0.1) is 0 Å². The highest BCUT2D eigenvalue weighted by Gasteiger charge is 2.28. The zero-order chi connectivity index (χ0) is 22.1. The number of hydrogen-bond donors (Lipinski definition) is 2. The number of guanidine groups is 1. The average molecular weight is 434 g/mol. The van der Waals surface area contributed by atoms with Crippen molar-refractivity contribution in [3.05, 3.63) is 60.0 Å². The molecular formula is C20H21F3N6O2. The SMILES string of the molecule is CN=C(NCCc1noc(-c2ccccn2)n1)NCc1ccc(OCC(F)(F)F)cc1. The normalized spacial score (nSPS) is 11.9. The highest BCUT2D eigenvalue weighted by Crippen LogP contribution is 2.19. The lowest BCUT2D eigenvalue weighted by Crippen LogP contribution is -2.37. The summed E-state index contributed by atoms with van der Waals surface area (Å²) in [6.45, 7) is -0.360. The van der Waals surface area contributed by atoms with Crippen molar-refractivity contribution in [1.29, 1.82) is 0 Å². The van der Waals surface area contributed by atoms with Gasteiger partial charge in [-0.1, -0.05) is 23.4 Å². The Morgan fingerprint density at radius 1 is 1.13 bits per heavy atom. The van der Waals surface area contributed by atoms with E-state index in [1.165, 1.54) is 12.1 Å². The molecule has 0 radical (unpaired) electrons. The van der Waals surface area contributed by atoms with Crippen LogP contribution in [0.5, 0.6) is 5.75 Å². The summed E-state index contributed by atoms with van der Waals surface area (Å²) in [6, 6.07) is 11.8. The molecule has 0 aliphatic heterocycles. The van der Waals surface area contributed by atoms with Gasteiger partial charge in [-0.05, 0) is 29.8 Å². The van der Waals surface area contributed by atoms with Crippen LogP contribution in [0.15, 0.2) is 58.2 Å². The summed E-state index contributed by atoms with van der Waals surface area (Å²) < 4.78 is 46.5. The molecule has 0 spiro atoms. The van der Waals surface area contributed by atoms with Crippen LogP contribution in [0.3, 0.4) is 0 Å². The largest absolute Gasteiger partial charge is 0.484 e. The van der Waals surface area contributed by atoms with Crippen LogP contribution in [0, 0.1) is 0 Å². The molecule has 0 bridgehead atoms. The first-order chi connectivity index (χ1) is 14.9. The molecule has 8 nitrogen and oxygen atoms in total. The summed E-state index contributed by atoms with van der Waals surface area (Å²) in [4.78, 5) is 12.6. The van der Waals surface area contributed by atoms with Crippen LogP contribution in [0.1, 0.15) is 11.4 Å². The van der Waals surface area contributed by atoms with E-state index in [0.717, 1.165) is 5.56 Å². The standard InChI is InChI=1S/C20H21F3N6O2/c1-24-19(27-12-14-5-7-15(8-6-14)30-13-20(21,22)23)26-11-9-17-28-18(31-29-17)16-4-2-3-10-25-16/h2-8,10H,9,11-13H2,1H3,(H2,24,26,27). The third kappa shape index (κ3) is 7.28. The highest BCUT2D eigenvalue weighted by molar-refractivity contribution is 5.79. The molecule has 3 rings (SSSR count). The van der Waals surface area contributed by atoms with Gasteiger partial charge in [0.1, 0.15) is 11.4 Å². The summed E-state index contributed by atoms with van der Waals surface area (Å²) in [7, 11) is 1.64. The number of halogens is 3. The van der Waals surface area contributed by atoms with Crippen LogP contribution in [0.25, 0.3) is 11.6 Å². The number of rotatable bonds is 8. The number of alkyl halides is 3. The zero-order valence-corrected chi connectivity index (χ0v) is 16.7. The maximum atomic E-state index is 12.2. The average Bonchev–Trinajstić information content (AvgIpc) is 3.24. The maximum Gasteiger partial charge on any atom is 0.422 e. The number of pyridine rings is 1. The summed E-state index contributed by atoms with van der Waals surface area (Å²) in [5.41, 5.74) is 1.47. The van der Waals surface area contributed by atoms with Crippen LogP contribution in [0.2, 0.25) is 0 Å². The second-order valence-electron chi connectivity index (χ2n) is 6.38. The first-order valence-corrected chi connectivity index (χ1v) is 9.40. The number of aromatic nitrogens is 3. The summed E-state index contributed by atoms with van der Waals surface area (Å²) in [5.74, 6) is 1.62. The molecule has 0 amide bonds. The Bertz CT molecular complexity index is 975. The van der Waals surface area contributed by atoms with E-state index in [9.17, 15) is 13.2 Å². The maximum absolute atomic E-state index is 12.2. The van der Waals surface area contributed by atoms with Crippen molar-refractivity contribution in [2.45, 2.75) is 19.1 Å². The smallest absolute Gasteiger partial charge is 0.422 e. The van der Waals surface area contributed by atoms with Gasteiger partial charge < -0.3 is 19.9 Å². The molecule has 3 aromatic rings. The van der Waals surface area contributed by atoms with Crippen LogP contribution in [-0.4, -0.2) is 47.5 Å². The van der Waals surface area contributed by atoms with Crippen molar-refractivity contribution in [3.63, 3.8) is 0 Å². The number of ether oxygens (including phenoxy) is 1. The molecule has 164 valence electrons. The molecule has 0 unspecified atom stereocenters. The van der Waals surface area contributed by atoms with Gasteiger partial charge >= 0.3 is 6.18 Å². The quantitative estimate of drug-likeness (QED) is 0.416. The summed E-state index contributed by atoms with van der Waals surface area (Å²) in [6.07, 6.45) is -2.19. The molecule has 0 saturated carbocycles. The first-order valence-electron chi connectivity index (χ1n) is 9.40. The fourth-order valence-corrected chi connectivity index (χ4v) is 2.52. The Kier molecular flexibility index (Phi) is 7.41. The van der Waals surface area contributed by atoms with Crippen LogP contribution < -0.4 is 15.4 Å². The van der Waals surface area contributed by atoms with Crippen molar-refractivity contribution in [2.24, 2.45) is 4.99 Å². The van der Waals surface area contributed by atoms with Crippen molar-refractivity contribution < 1.29 is 22.4 Å². The Hall–Kier alpha value is -3.63. The van der Waals surface area contributed by atoms with Crippen molar-refractivity contribution in [3.8, 4) is 17.3 Å². The molecule has 0 aliphatic carbocycles. The second kappa shape index (κ2) is 10.4. The number of aliphatic imine (C=N–C) groups is 1. The predicted molar refractivity (Wildman–Crippen MR) is 107 cm³/mol. The van der Waals surface area contributed by atoms with E-state index in [1.807, 2.05) is 6.07 Å². The molecule has 0 atom stereocenters. The van der Waals surface area contributed by atoms with Gasteiger partial charge in [-0.2, -0.15) is 18.2 Å². The van der Waals surface area contributed by atoms with E-state index in [4.69, 9.17) is 9.26 Å². The second-order valence-corrected chi connectivity index (χ2v) is 6.38. The van der Waals surface area contributed by atoms with Gasteiger partial charge in [-0.25, -0.2) is 0 Å². The Labute approximate surface area is 176 Å². The fraction of sp³-hybridized carbons (Fsp3) is 0.300. The minimum Gasteiger partial charge on any atom is -0.484 e. The van der Waals surface area contributed by atoms with E-state index in [1.54, 1.807) is 37.5 Å². The van der Waals surface area contributed by atoms with Gasteiger partial charge in [0.15, 0.2) is 18.4 Å². The van der Waals surface area contributed by atoms with Crippen LogP contribution in [-0.2, 0) is 13.0 Å². The molecule has 0 saturated heterocycles. The van der Waals surface area contributed by atoms with E-state index < -0.39 is 12.8 Å². The lowest BCUT2D eigenvalue weighted by atomic mass is 10.2. The molecule has 11 heteroatoms. The van der Waals surface area contributed by atoms with E-state index in [2.05, 4.69) is 30.8 Å². The number of hydrogen-bond acceptors (Lipinski definition) is 6. The molecular weight excluding hydrogens is 413 g/mol. The lowest BCUT2D eigenvalue weighted by Gasteiger charge is -2.12. The molecule has 1 aromatic carbocycles. The lowest BCUT2D eigenvalue weighted by molar-refractivity contribution is -0.153. The number of benzene rings is 1. The highest BCUT2D eigenvalue weighted by atomic mass is 19.4. The Morgan fingerprint density at radius 2 is 1.94 bits per heavy atom. The van der Waals surface area contributed by atoms with Gasteiger partial charge in [-0.3, -0.25) is 9.98 Å². The topological polar surface area (TPSA) is 97.5 Å². The first kappa shape index (κ1) is 22.1. The molecule has 2 N–H and O–H groups in total. The van der Waals surface area contributed by atoms with E-state index >= 15 is 0 Å². The van der Waals surface area contributed by atoms with Crippen molar-refractivity contribution in [2.75, 3.05) is 20.2 Å². The number of nitrogens with zero attached hydrogens (tertiary/aromatic N) is 4. The zero-order valence-electron chi connectivity index (χ0n) is 16.7. The minimum atomic E-state index is -4.36. The predicted octanol–water partition coefficient (Wildman–Crippen LogP) is 2.98. The Balaban J connectivity index is 1.41. The third-order valence-electron chi connectivity index (χ3n) is 4.00. The summed E-state index contributed by atoms with van der Waals surface area (Å²) in [5, 5.41) is 10.2. The Morgan fingerprint density at radius 3 is 2.61 bits per heavy atom. The molecule has 31 heavy (non-hydrogen) atoms. The van der Waals surface area contributed by atoms with E-state index in [0.29, 0.717) is 42.9 Å². The molecule has 0 fully saturated rings. The summed E-state index contributed by atoms with van der Waals surface area (Å²) >= 11 is 0. The minimum absolute atomic E-state index is 0.161. The monoisotopic (exact) mass is 434 g/mol. The molecule has 2 heterocycles. The van der Waals surface area contributed by atoms with Gasteiger partial charge in [-0.15, -0.1) is 0 Å². The third-order valence-corrected chi connectivity index (χ3v) is 4.00. The molecule has 0 aliphatic rings. The fourth-order valence-electron chi connectivity index (χ4n) is 2.52. The van der Waals surface area contributed by atoms with Crippen molar-refractivity contribution in [1.82, 2.24) is 25.8 Å². The van der Waals surface area contributed by atoms with Crippen LogP contribution in [0.4, 0.5) is 13.2 Å². The van der Waals surface area contributed by atoms with Gasteiger partial charge in [0.25, 0.3) is 5.89 Å². The van der Waals surface area contributed by atoms with Gasteiger partial charge in [0, 0.05) is 32.8 Å². The van der Waals surface area contributed by atoms with Crippen LogP contribution >= 0.6 is 0 Å². The van der Waals surface area contributed by atoms with Gasteiger partial charge in [0.2, 0.25) is 0 Å². The molecule has 2 aromatic heterocycles. The van der Waals surface area contributed by atoms with Crippen molar-refractivity contribution >= 4 is 5.96 Å². The number of nitrogens with one attached hydrogen (secondary N) is 2. The van der Waals surface area contributed by atoms with E-state index in [-0.39, 0.29) is 5.75 Å².